The number of ether oxygens (including phenoxy) is 1. The molecule has 4 rings (SSSR count). The van der Waals surface area contributed by atoms with Crippen LogP contribution in [0.5, 0.6) is 5.75 Å². The van der Waals surface area contributed by atoms with Crippen molar-refractivity contribution in [1.82, 2.24) is 14.9 Å². The van der Waals surface area contributed by atoms with E-state index in [-0.39, 0.29) is 5.28 Å². The maximum Gasteiger partial charge on any atom is 0.225 e. The second kappa shape index (κ2) is 7.09. The third kappa shape index (κ3) is 3.08. The summed E-state index contributed by atoms with van der Waals surface area (Å²) in [6.07, 6.45) is 0.896. The van der Waals surface area contributed by atoms with Crippen molar-refractivity contribution >= 4 is 45.4 Å². The van der Waals surface area contributed by atoms with Crippen molar-refractivity contribution < 1.29 is 9.53 Å². The molecule has 0 radical (unpaired) electrons. The lowest BCUT2D eigenvalue weighted by Crippen LogP contribution is -2.46. The van der Waals surface area contributed by atoms with Crippen molar-refractivity contribution in [3.05, 3.63) is 34.9 Å². The average molecular weight is 389 g/mol. The first-order valence-electron chi connectivity index (χ1n) is 8.23. The lowest BCUT2D eigenvalue weighted by atomic mass is 10.1. The van der Waals surface area contributed by atoms with Crippen LogP contribution in [0.4, 0.5) is 5.82 Å². The zero-order valence-electron chi connectivity index (χ0n) is 14.2. The molecule has 1 amide bonds. The number of anilines is 1. The Hall–Kier alpha value is -2.38. The van der Waals surface area contributed by atoms with Gasteiger partial charge >= 0.3 is 0 Å². The van der Waals surface area contributed by atoms with Gasteiger partial charge in [0.2, 0.25) is 11.7 Å². The summed E-state index contributed by atoms with van der Waals surface area (Å²) in [7, 11) is 1.65. The van der Waals surface area contributed by atoms with E-state index < -0.39 is 0 Å². The molecule has 134 valence electrons. The predicted molar refractivity (Wildman–Crippen MR) is 104 cm³/mol. The van der Waals surface area contributed by atoms with Crippen LogP contribution >= 0.6 is 22.9 Å². The molecule has 0 N–H and O–H groups in total. The van der Waals surface area contributed by atoms with Crippen LogP contribution in [-0.2, 0) is 4.79 Å². The van der Waals surface area contributed by atoms with Gasteiger partial charge in [-0.2, -0.15) is 4.98 Å². The molecular weight excluding hydrogens is 372 g/mol. The molecular formula is C18H17ClN4O2S. The number of piperazine rings is 1. The van der Waals surface area contributed by atoms with Crippen LogP contribution in [0.15, 0.2) is 29.6 Å². The van der Waals surface area contributed by atoms with Crippen LogP contribution in [0.2, 0.25) is 5.28 Å². The number of carbonyl (C=O) groups excluding carboxylic acids is 1. The summed E-state index contributed by atoms with van der Waals surface area (Å²) in [5, 5.41) is 3.33. The highest BCUT2D eigenvalue weighted by atomic mass is 35.5. The Kier molecular flexibility index (Phi) is 4.65. The Balaban J connectivity index is 1.79. The molecule has 3 heterocycles. The molecule has 1 fully saturated rings. The van der Waals surface area contributed by atoms with E-state index in [1.165, 1.54) is 0 Å². The highest BCUT2D eigenvalue weighted by Gasteiger charge is 2.23. The lowest BCUT2D eigenvalue weighted by molar-refractivity contribution is -0.118. The summed E-state index contributed by atoms with van der Waals surface area (Å²) in [4.78, 5) is 24.7. The Labute approximate surface area is 160 Å². The number of methoxy groups -OCH3 is 1. The number of rotatable bonds is 4. The number of benzene rings is 1. The quantitative estimate of drug-likeness (QED) is 0.507. The van der Waals surface area contributed by atoms with Gasteiger partial charge in [0.15, 0.2) is 0 Å². The first-order valence-corrected chi connectivity index (χ1v) is 9.49. The molecule has 0 unspecified atom stereocenters. The number of fused-ring (bicyclic) bond motifs is 1. The molecule has 1 aliphatic heterocycles. The minimum Gasteiger partial charge on any atom is -0.497 e. The molecule has 1 aliphatic rings. The van der Waals surface area contributed by atoms with Gasteiger partial charge in [0, 0.05) is 37.1 Å². The van der Waals surface area contributed by atoms with Crippen LogP contribution in [0.3, 0.4) is 0 Å². The highest BCUT2D eigenvalue weighted by Crippen LogP contribution is 2.39. The van der Waals surface area contributed by atoms with Gasteiger partial charge in [0.05, 0.1) is 12.5 Å². The number of thiophene rings is 1. The average Bonchev–Trinajstić information content (AvgIpc) is 3.11. The number of carbonyl (C=O) groups is 1. The fraction of sp³-hybridized carbons (Fsp3) is 0.278. The van der Waals surface area contributed by atoms with E-state index in [0.717, 1.165) is 52.4 Å². The monoisotopic (exact) mass is 388 g/mol. The van der Waals surface area contributed by atoms with E-state index in [1.807, 2.05) is 24.3 Å². The molecule has 0 atom stereocenters. The van der Waals surface area contributed by atoms with Crippen LogP contribution in [0.1, 0.15) is 0 Å². The van der Waals surface area contributed by atoms with Crippen LogP contribution in [0, 0.1) is 0 Å². The standard InChI is InChI=1S/C18H17ClN4O2S/c1-25-13-4-2-12(3-5-13)14-10-26-17-15(14)16(20-18(19)21-17)23-8-6-22(11-24)7-9-23/h2-5,10-11H,6-9H2,1H3. The van der Waals surface area contributed by atoms with E-state index in [0.29, 0.717) is 13.1 Å². The Bertz CT molecular complexity index is 936. The number of amides is 1. The number of hydrogen-bond donors (Lipinski definition) is 0. The van der Waals surface area contributed by atoms with Crippen LogP contribution in [-0.4, -0.2) is 54.6 Å². The van der Waals surface area contributed by atoms with Gasteiger partial charge in [0.25, 0.3) is 0 Å². The summed E-state index contributed by atoms with van der Waals surface area (Å²) in [5.74, 6) is 1.65. The maximum absolute atomic E-state index is 11.0. The summed E-state index contributed by atoms with van der Waals surface area (Å²) in [6, 6.07) is 7.95. The van der Waals surface area contributed by atoms with Gasteiger partial charge in [-0.15, -0.1) is 11.3 Å². The topological polar surface area (TPSA) is 58.6 Å². The minimum absolute atomic E-state index is 0.244. The third-order valence-corrected chi connectivity index (χ3v) is 5.59. The Morgan fingerprint density at radius 1 is 1.15 bits per heavy atom. The number of halogens is 1. The molecule has 1 aromatic carbocycles. The number of nitrogens with zero attached hydrogens (tertiary/aromatic N) is 4. The summed E-state index contributed by atoms with van der Waals surface area (Å²) >= 11 is 7.72. The van der Waals surface area contributed by atoms with Gasteiger partial charge < -0.3 is 14.5 Å². The minimum atomic E-state index is 0.244. The molecule has 0 aliphatic carbocycles. The van der Waals surface area contributed by atoms with E-state index in [2.05, 4.69) is 20.2 Å². The molecule has 8 heteroatoms. The second-order valence-corrected chi connectivity index (χ2v) is 7.20. The summed E-state index contributed by atoms with van der Waals surface area (Å²) in [6.45, 7) is 2.79. The van der Waals surface area contributed by atoms with Crippen molar-refractivity contribution in [2.24, 2.45) is 0 Å². The number of hydrogen-bond acceptors (Lipinski definition) is 6. The van der Waals surface area contributed by atoms with Gasteiger partial charge in [-0.1, -0.05) is 12.1 Å². The van der Waals surface area contributed by atoms with Gasteiger partial charge in [-0.05, 0) is 29.3 Å². The van der Waals surface area contributed by atoms with E-state index in [4.69, 9.17) is 16.3 Å². The van der Waals surface area contributed by atoms with Crippen molar-refractivity contribution in [1.29, 1.82) is 0 Å². The Morgan fingerprint density at radius 2 is 1.88 bits per heavy atom. The van der Waals surface area contributed by atoms with Gasteiger partial charge in [0.1, 0.15) is 16.4 Å². The second-order valence-electron chi connectivity index (χ2n) is 6.00. The summed E-state index contributed by atoms with van der Waals surface area (Å²) in [5.41, 5.74) is 2.16. The predicted octanol–water partition coefficient (Wildman–Crippen LogP) is 3.30. The largest absolute Gasteiger partial charge is 0.497 e. The molecule has 0 saturated carbocycles. The zero-order valence-corrected chi connectivity index (χ0v) is 15.8. The SMILES string of the molecule is COc1ccc(-c2csc3nc(Cl)nc(N4CCN(C=O)CC4)c23)cc1. The normalized spacial score (nSPS) is 14.7. The Morgan fingerprint density at radius 3 is 2.54 bits per heavy atom. The van der Waals surface area contributed by atoms with Crippen molar-refractivity contribution in [3.63, 3.8) is 0 Å². The van der Waals surface area contributed by atoms with Crippen molar-refractivity contribution in [2.45, 2.75) is 0 Å². The van der Waals surface area contributed by atoms with Gasteiger partial charge in [-0.3, -0.25) is 4.79 Å². The fourth-order valence-electron chi connectivity index (χ4n) is 3.15. The zero-order chi connectivity index (χ0) is 18.1. The number of aromatic nitrogens is 2. The molecule has 0 bridgehead atoms. The molecule has 3 aromatic rings. The van der Waals surface area contributed by atoms with Gasteiger partial charge in [-0.25, -0.2) is 4.98 Å². The maximum atomic E-state index is 11.0. The lowest BCUT2D eigenvalue weighted by Gasteiger charge is -2.33. The highest BCUT2D eigenvalue weighted by molar-refractivity contribution is 7.17. The van der Waals surface area contributed by atoms with E-state index in [9.17, 15) is 4.79 Å². The van der Waals surface area contributed by atoms with Crippen molar-refractivity contribution in [2.75, 3.05) is 38.2 Å². The van der Waals surface area contributed by atoms with E-state index >= 15 is 0 Å². The van der Waals surface area contributed by atoms with Crippen LogP contribution < -0.4 is 9.64 Å². The summed E-state index contributed by atoms with van der Waals surface area (Å²) < 4.78 is 5.25. The molecule has 2 aromatic heterocycles. The first kappa shape index (κ1) is 17.1. The molecule has 26 heavy (non-hydrogen) atoms. The molecule has 6 nitrogen and oxygen atoms in total. The molecule has 0 spiro atoms. The molecule has 1 saturated heterocycles. The fourth-order valence-corrected chi connectivity index (χ4v) is 4.31. The van der Waals surface area contributed by atoms with E-state index in [1.54, 1.807) is 23.3 Å². The third-order valence-electron chi connectivity index (χ3n) is 4.55. The smallest absolute Gasteiger partial charge is 0.225 e. The van der Waals surface area contributed by atoms with Crippen LogP contribution in [0.25, 0.3) is 21.3 Å². The van der Waals surface area contributed by atoms with Crippen molar-refractivity contribution in [3.8, 4) is 16.9 Å². The first-order chi connectivity index (χ1) is 12.7.